The first-order valence-electron chi connectivity index (χ1n) is 30.3. The molecule has 0 radical (unpaired) electrons. The predicted molar refractivity (Wildman–Crippen MR) is 332 cm³/mol. The van der Waals surface area contributed by atoms with Crippen LogP contribution < -0.4 is 0 Å². The van der Waals surface area contributed by atoms with Crippen LogP contribution in [0.15, 0.2) is 0 Å². The van der Waals surface area contributed by atoms with Crippen molar-refractivity contribution in [3.8, 4) is 0 Å². The van der Waals surface area contributed by atoms with Crippen molar-refractivity contribution in [2.24, 2.45) is 0 Å². The van der Waals surface area contributed by atoms with Crippen LogP contribution in [0.4, 0.5) is 0 Å². The Morgan fingerprint density at radius 2 is 0.347 bits per heavy atom. The first-order valence-corrected chi connectivity index (χ1v) is 44.9. The van der Waals surface area contributed by atoms with E-state index in [1.54, 1.807) is 180 Å². The molecule has 0 bridgehead atoms. The SMILES string of the molecule is C1CCC([PH+](C2CCCCC2)C2CCCC2)CC1.C1CCC([PH+](C2CCCCC2)C2CCCC2)CC1.CC(C)(C)[PH+](C1CCCC1)C(C)(C)C.CC(C)(C)[PH+](C1CCCC1)C(C)(C)C.[Cl][Pd][Cl].[Cl][Pd][Cl].[Fe].[Fe]. The van der Waals surface area contributed by atoms with Gasteiger partial charge in [-0.3, -0.25) is 0 Å². The third kappa shape index (κ3) is 28.2. The summed E-state index contributed by atoms with van der Waals surface area (Å²) >= 11 is -0.211. The van der Waals surface area contributed by atoms with Gasteiger partial charge in [-0.2, -0.15) is 0 Å². The molecule has 0 heterocycles. The Morgan fingerprint density at radius 3 is 0.472 bits per heavy atom. The monoisotopic (exact) mass is 1430 g/mol. The van der Waals surface area contributed by atoms with Gasteiger partial charge in [0.15, 0.2) is 0 Å². The van der Waals surface area contributed by atoms with Crippen LogP contribution in [0.5, 0.6) is 0 Å². The Morgan fingerprint density at radius 1 is 0.236 bits per heavy atom. The van der Waals surface area contributed by atoms with Gasteiger partial charge < -0.3 is 0 Å². The van der Waals surface area contributed by atoms with Crippen molar-refractivity contribution in [3.63, 3.8) is 0 Å². The van der Waals surface area contributed by atoms with Crippen molar-refractivity contribution in [1.29, 1.82) is 0 Å². The van der Waals surface area contributed by atoms with Crippen molar-refractivity contribution < 1.29 is 66.0 Å². The Balaban J connectivity index is 0.000000461. The molecule has 8 aliphatic rings. The van der Waals surface area contributed by atoms with Crippen molar-refractivity contribution in [1.82, 2.24) is 0 Å². The summed E-state index contributed by atoms with van der Waals surface area (Å²) < 4.78 is 0. The quantitative estimate of drug-likeness (QED) is 0.168. The van der Waals surface area contributed by atoms with E-state index in [-0.39, 0.29) is 97.7 Å². The molecule has 8 fully saturated rings. The van der Waals surface area contributed by atoms with E-state index in [2.05, 4.69) is 83.1 Å². The normalized spacial score (nSPS) is 23.3. The van der Waals surface area contributed by atoms with Gasteiger partial charge in [0, 0.05) is 65.8 Å². The molecule has 0 N–H and O–H groups in total. The molecule has 0 amide bonds. The second-order valence-corrected chi connectivity index (χ2v) is 49.1. The van der Waals surface area contributed by atoms with Crippen LogP contribution >= 0.6 is 69.8 Å². The van der Waals surface area contributed by atoms with E-state index >= 15 is 0 Å². The average Bonchev–Trinajstić information content (AvgIpc) is 4.17. The van der Waals surface area contributed by atoms with Gasteiger partial charge in [-0.05, 0) is 289 Å². The fourth-order valence-electron chi connectivity index (χ4n) is 17.4. The van der Waals surface area contributed by atoms with E-state index in [1.807, 2.05) is 0 Å². The van der Waals surface area contributed by atoms with E-state index < -0.39 is 0 Å². The second kappa shape index (κ2) is 40.5. The largest absolute Gasteiger partial charge is 0 e. The Kier molecular flexibility index (Phi) is 42.3. The first-order chi connectivity index (χ1) is 33.2. The molecule has 0 unspecified atom stereocenters. The molecule has 72 heavy (non-hydrogen) atoms. The third-order valence-electron chi connectivity index (χ3n) is 18.7. The number of hydrogen-bond acceptors (Lipinski definition) is 0. The van der Waals surface area contributed by atoms with E-state index in [0.29, 0.717) is 20.6 Å². The van der Waals surface area contributed by atoms with Gasteiger partial charge >= 0.3 is 70.0 Å². The van der Waals surface area contributed by atoms with Crippen LogP contribution in [-0.4, -0.2) is 65.9 Å². The van der Waals surface area contributed by atoms with E-state index in [1.165, 1.54) is 85.3 Å². The summed E-state index contributed by atoms with van der Waals surface area (Å²) in [5, 5.41) is 2.27. The minimum absolute atomic E-state index is 0. The van der Waals surface area contributed by atoms with Crippen molar-refractivity contribution in [2.45, 2.75) is 380 Å². The minimum atomic E-state index is -0.253. The molecule has 0 saturated heterocycles. The number of halogens is 4. The van der Waals surface area contributed by atoms with Gasteiger partial charge in [-0.1, -0.05) is 25.7 Å². The second-order valence-electron chi connectivity index (χ2n) is 28.2. The van der Waals surface area contributed by atoms with Crippen LogP contribution in [-0.2, 0) is 66.0 Å². The summed E-state index contributed by atoms with van der Waals surface area (Å²) in [6, 6.07) is 0. The van der Waals surface area contributed by atoms with Gasteiger partial charge in [0.2, 0.25) is 0 Å². The zero-order valence-electron chi connectivity index (χ0n) is 48.9. The van der Waals surface area contributed by atoms with Crippen molar-refractivity contribution >= 4 is 69.8 Å². The first kappa shape index (κ1) is 75.3. The molecular formula is C60H120Cl4Fe2P4Pd2+4. The van der Waals surface area contributed by atoms with Crippen molar-refractivity contribution in [2.75, 3.05) is 0 Å². The van der Waals surface area contributed by atoms with Gasteiger partial charge in [-0.25, -0.2) is 0 Å². The molecule has 0 spiro atoms. The summed E-state index contributed by atoms with van der Waals surface area (Å²) in [6.07, 6.45) is 56.5. The maximum absolute atomic E-state index is 4.81. The minimum Gasteiger partial charge on any atom is 0 e. The van der Waals surface area contributed by atoms with Gasteiger partial charge in [0.25, 0.3) is 0 Å². The Hall–Kier alpha value is 5.24. The topological polar surface area (TPSA) is 0 Å². The number of rotatable bonds is 8. The summed E-state index contributed by atoms with van der Waals surface area (Å²) in [7, 11) is 18.7. The van der Waals surface area contributed by atoms with Gasteiger partial charge in [-0.15, -0.1) is 0 Å². The fraction of sp³-hybridized carbons (Fsp3) is 1.00. The zero-order valence-corrected chi connectivity index (χ0v) is 61.3. The van der Waals surface area contributed by atoms with Crippen LogP contribution in [0.3, 0.4) is 0 Å². The maximum atomic E-state index is 4.81. The van der Waals surface area contributed by atoms with Gasteiger partial charge in [0.1, 0.15) is 0 Å². The summed E-state index contributed by atoms with van der Waals surface area (Å²) in [6.45, 7) is 29.6. The molecular weight excluding hydrogens is 1310 g/mol. The smallest absolute Gasteiger partial charge is 0 e. The Bertz CT molecular complexity index is 1120. The van der Waals surface area contributed by atoms with Crippen LogP contribution in [0.25, 0.3) is 0 Å². The van der Waals surface area contributed by atoms with Gasteiger partial charge in [0.05, 0.1) is 65.9 Å². The molecule has 0 aromatic rings. The summed E-state index contributed by atoms with van der Waals surface area (Å²) in [5.41, 5.74) is 9.57. The maximum Gasteiger partial charge on any atom is 0 e. The standard InChI is InChI=1S/2C17H31P.2C13H27P.4ClH.2Fe.2Pd/c2*1-3-9-15(10-4-1)18(17-13-7-8-14-17)16-11-5-2-6-12-16;2*1-12(2,3)14(13(4,5)6)11-9-7-8-10-11;;;;;;;;/h2*15-17H,1-14H2;2*11H,7-10H2,1-6H3;4*1H;;;;/q;;;;;;;;;;2*+2. The molecule has 0 atom stereocenters. The average molecular weight is 1430 g/mol. The molecule has 8 saturated carbocycles. The molecule has 0 aromatic heterocycles. The third-order valence-corrected chi connectivity index (χ3v) is 37.1. The van der Waals surface area contributed by atoms with E-state index in [0.717, 1.165) is 11.3 Å². The molecule has 440 valence electrons. The van der Waals surface area contributed by atoms with Crippen LogP contribution in [0.2, 0.25) is 0 Å². The van der Waals surface area contributed by atoms with Crippen LogP contribution in [0, 0.1) is 0 Å². The fourth-order valence-corrected chi connectivity index (χ4v) is 39.2. The molecule has 8 aliphatic carbocycles. The summed E-state index contributed by atoms with van der Waals surface area (Å²) in [5.74, 6) is 0. The van der Waals surface area contributed by atoms with E-state index in [9.17, 15) is 0 Å². The Labute approximate surface area is 510 Å². The van der Waals surface area contributed by atoms with Crippen molar-refractivity contribution in [3.05, 3.63) is 0 Å². The number of hydrogen-bond donors (Lipinski definition) is 0. The molecule has 0 aliphatic heterocycles. The molecule has 8 rings (SSSR count). The molecule has 0 nitrogen and oxygen atoms in total. The predicted octanol–water partition coefficient (Wildman–Crippen LogP) is 23.8. The molecule has 0 aromatic carbocycles. The summed E-state index contributed by atoms with van der Waals surface area (Å²) in [4.78, 5) is 0. The zero-order chi connectivity index (χ0) is 51.8. The van der Waals surface area contributed by atoms with E-state index in [4.69, 9.17) is 38.1 Å². The molecule has 12 heteroatoms. The van der Waals surface area contributed by atoms with Crippen LogP contribution in [0.1, 0.15) is 314 Å².